The van der Waals surface area contributed by atoms with E-state index in [-0.39, 0.29) is 5.41 Å². The van der Waals surface area contributed by atoms with Gasteiger partial charge in [0.05, 0.1) is 11.4 Å². The van der Waals surface area contributed by atoms with E-state index in [1.807, 2.05) is 0 Å². The maximum Gasteiger partial charge on any atom is 0.0543 e. The lowest BCUT2D eigenvalue weighted by Crippen LogP contribution is -2.16. The maximum atomic E-state index is 2.50. The zero-order valence-electron chi connectivity index (χ0n) is 31.5. The molecule has 11 rings (SSSR count). The van der Waals surface area contributed by atoms with Gasteiger partial charge in [-0.05, 0) is 107 Å². The zero-order valence-corrected chi connectivity index (χ0v) is 31.5. The van der Waals surface area contributed by atoms with Crippen LogP contribution in [0.25, 0.3) is 76.5 Å². The molecule has 0 aliphatic heterocycles. The van der Waals surface area contributed by atoms with Crippen LogP contribution in [0, 0.1) is 0 Å². The minimum Gasteiger partial charge on any atom is -0.309 e. The third-order valence-corrected chi connectivity index (χ3v) is 12.2. The fraction of sp³-hybridized carbons (Fsp3) is 0.0545. The molecule has 0 radical (unpaired) electrons. The monoisotopic (exact) mass is 713 g/mol. The van der Waals surface area contributed by atoms with Crippen LogP contribution in [0.15, 0.2) is 200 Å². The van der Waals surface area contributed by atoms with E-state index in [0.29, 0.717) is 0 Å². The molecular formula is C55H39N. The fourth-order valence-corrected chi connectivity index (χ4v) is 9.50. The Labute approximate surface area is 327 Å². The number of benzene rings is 10. The maximum absolute atomic E-state index is 2.50. The van der Waals surface area contributed by atoms with Gasteiger partial charge in [0.15, 0.2) is 0 Å². The van der Waals surface area contributed by atoms with Gasteiger partial charge in [0.2, 0.25) is 0 Å². The molecule has 1 aliphatic carbocycles. The lowest BCUT2D eigenvalue weighted by Gasteiger charge is -2.31. The molecule has 264 valence electrons. The van der Waals surface area contributed by atoms with Gasteiger partial charge in [0.25, 0.3) is 0 Å². The van der Waals surface area contributed by atoms with Crippen LogP contribution in [-0.4, -0.2) is 0 Å². The number of anilines is 3. The molecule has 0 N–H and O–H groups in total. The number of nitrogens with zero attached hydrogens (tertiary/aromatic N) is 1. The third kappa shape index (κ3) is 4.94. The van der Waals surface area contributed by atoms with Crippen molar-refractivity contribution < 1.29 is 0 Å². The van der Waals surface area contributed by atoms with Crippen LogP contribution >= 0.6 is 0 Å². The quantitative estimate of drug-likeness (QED) is 0.161. The van der Waals surface area contributed by atoms with E-state index < -0.39 is 0 Å². The average molecular weight is 714 g/mol. The Kier molecular flexibility index (Phi) is 7.28. The molecule has 0 saturated carbocycles. The SMILES string of the molecule is CC1(C)c2ccccc2-c2c(N(c3ccc(-c4ccc5c(ccc6ccc7ccccc7c65)c4)cc3)c3ccccc3-c3cccc4ccccc34)cccc21. The highest BCUT2D eigenvalue weighted by Crippen LogP contribution is 2.55. The van der Waals surface area contributed by atoms with E-state index in [1.54, 1.807) is 0 Å². The molecule has 10 aromatic rings. The summed E-state index contributed by atoms with van der Waals surface area (Å²) in [5, 5.41) is 10.2. The molecule has 0 spiro atoms. The summed E-state index contributed by atoms with van der Waals surface area (Å²) in [6.45, 7) is 4.72. The number of rotatable bonds is 5. The van der Waals surface area contributed by atoms with E-state index in [0.717, 1.165) is 11.4 Å². The van der Waals surface area contributed by atoms with E-state index in [2.05, 4.69) is 219 Å². The highest BCUT2D eigenvalue weighted by atomic mass is 15.1. The Balaban J connectivity index is 1.09. The van der Waals surface area contributed by atoms with Gasteiger partial charge >= 0.3 is 0 Å². The Hall–Kier alpha value is -6.96. The molecule has 0 amide bonds. The number of fused-ring (bicyclic) bond motifs is 9. The fourth-order valence-electron chi connectivity index (χ4n) is 9.50. The summed E-state index contributed by atoms with van der Waals surface area (Å²) in [5.41, 5.74) is 13.5. The van der Waals surface area contributed by atoms with Crippen molar-refractivity contribution in [2.45, 2.75) is 19.3 Å². The number of para-hydroxylation sites is 1. The molecule has 0 saturated heterocycles. The highest BCUT2D eigenvalue weighted by molar-refractivity contribution is 6.20. The van der Waals surface area contributed by atoms with Crippen molar-refractivity contribution in [3.63, 3.8) is 0 Å². The smallest absolute Gasteiger partial charge is 0.0543 e. The lowest BCUT2D eigenvalue weighted by molar-refractivity contribution is 0.660. The van der Waals surface area contributed by atoms with E-state index in [9.17, 15) is 0 Å². The molecule has 1 heteroatoms. The van der Waals surface area contributed by atoms with Crippen LogP contribution in [0.4, 0.5) is 17.1 Å². The minimum absolute atomic E-state index is 0.111. The molecule has 0 atom stereocenters. The summed E-state index contributed by atoms with van der Waals surface area (Å²) in [4.78, 5) is 2.50. The summed E-state index contributed by atoms with van der Waals surface area (Å²) in [6.07, 6.45) is 0. The van der Waals surface area contributed by atoms with Crippen molar-refractivity contribution in [1.82, 2.24) is 0 Å². The van der Waals surface area contributed by atoms with Gasteiger partial charge in [-0.25, -0.2) is 0 Å². The summed E-state index contributed by atoms with van der Waals surface area (Å²) in [6, 6.07) is 74.0. The van der Waals surface area contributed by atoms with E-state index in [1.165, 1.54) is 93.3 Å². The Bertz CT molecular complexity index is 3160. The zero-order chi connectivity index (χ0) is 37.4. The Morgan fingerprint density at radius 3 is 1.75 bits per heavy atom. The summed E-state index contributed by atoms with van der Waals surface area (Å²) >= 11 is 0. The lowest BCUT2D eigenvalue weighted by atomic mass is 9.82. The van der Waals surface area contributed by atoms with Gasteiger partial charge < -0.3 is 4.90 Å². The normalized spacial score (nSPS) is 13.0. The van der Waals surface area contributed by atoms with Gasteiger partial charge in [-0.2, -0.15) is 0 Å². The topological polar surface area (TPSA) is 3.24 Å². The van der Waals surface area contributed by atoms with Gasteiger partial charge in [-0.15, -0.1) is 0 Å². The molecule has 0 fully saturated rings. The summed E-state index contributed by atoms with van der Waals surface area (Å²) in [5.74, 6) is 0. The first-order valence-electron chi connectivity index (χ1n) is 19.6. The van der Waals surface area contributed by atoms with Crippen LogP contribution in [0.3, 0.4) is 0 Å². The van der Waals surface area contributed by atoms with Gasteiger partial charge in [-0.3, -0.25) is 0 Å². The molecule has 1 aliphatic rings. The molecule has 0 heterocycles. The first-order chi connectivity index (χ1) is 27.5. The Morgan fingerprint density at radius 1 is 0.357 bits per heavy atom. The molecule has 0 unspecified atom stereocenters. The molecular weight excluding hydrogens is 675 g/mol. The second-order valence-electron chi connectivity index (χ2n) is 15.7. The van der Waals surface area contributed by atoms with Gasteiger partial charge in [0, 0.05) is 22.2 Å². The first kappa shape index (κ1) is 32.5. The average Bonchev–Trinajstić information content (AvgIpc) is 3.50. The predicted octanol–water partition coefficient (Wildman–Crippen LogP) is 15.4. The van der Waals surface area contributed by atoms with Crippen molar-refractivity contribution in [2.24, 2.45) is 0 Å². The second kappa shape index (κ2) is 12.5. The second-order valence-corrected chi connectivity index (χ2v) is 15.7. The summed E-state index contributed by atoms with van der Waals surface area (Å²) in [7, 11) is 0. The molecule has 0 bridgehead atoms. The van der Waals surface area contributed by atoms with E-state index in [4.69, 9.17) is 0 Å². The van der Waals surface area contributed by atoms with Crippen LogP contribution in [-0.2, 0) is 5.41 Å². The number of hydrogen-bond donors (Lipinski definition) is 0. The van der Waals surface area contributed by atoms with Crippen LogP contribution < -0.4 is 4.90 Å². The Morgan fingerprint density at radius 2 is 0.911 bits per heavy atom. The van der Waals surface area contributed by atoms with E-state index >= 15 is 0 Å². The molecule has 0 aromatic heterocycles. The third-order valence-electron chi connectivity index (χ3n) is 12.2. The predicted molar refractivity (Wildman–Crippen MR) is 240 cm³/mol. The molecule has 56 heavy (non-hydrogen) atoms. The first-order valence-corrected chi connectivity index (χ1v) is 19.6. The van der Waals surface area contributed by atoms with Crippen LogP contribution in [0.5, 0.6) is 0 Å². The van der Waals surface area contributed by atoms with Crippen molar-refractivity contribution in [2.75, 3.05) is 4.90 Å². The largest absolute Gasteiger partial charge is 0.309 e. The summed E-state index contributed by atoms with van der Waals surface area (Å²) < 4.78 is 0. The van der Waals surface area contributed by atoms with Crippen molar-refractivity contribution in [3.8, 4) is 33.4 Å². The highest BCUT2D eigenvalue weighted by Gasteiger charge is 2.38. The van der Waals surface area contributed by atoms with Gasteiger partial charge in [-0.1, -0.05) is 184 Å². The standard InChI is InChI=1S/C55H39N/c1-55(2)49-21-9-7-19-48(49)54-50(55)22-12-24-52(54)56(51-23-10-8-18-47(51)46-20-11-15-37-13-3-5-16-43(37)46)42-32-29-36(30-33-42)40-31-34-45-41(35-40)28-27-39-26-25-38-14-4-6-17-44(38)53(39)45/h3-35H,1-2H3. The molecule has 1 nitrogen and oxygen atoms in total. The van der Waals surface area contributed by atoms with Crippen molar-refractivity contribution in [3.05, 3.63) is 211 Å². The molecule has 10 aromatic carbocycles. The van der Waals surface area contributed by atoms with Crippen LogP contribution in [0.1, 0.15) is 25.0 Å². The minimum atomic E-state index is -0.111. The van der Waals surface area contributed by atoms with Crippen molar-refractivity contribution in [1.29, 1.82) is 0 Å². The van der Waals surface area contributed by atoms with Crippen molar-refractivity contribution >= 4 is 60.2 Å². The van der Waals surface area contributed by atoms with Gasteiger partial charge in [0.1, 0.15) is 0 Å². The van der Waals surface area contributed by atoms with Crippen LogP contribution in [0.2, 0.25) is 0 Å². The number of hydrogen-bond acceptors (Lipinski definition) is 1.